The van der Waals surface area contributed by atoms with Gasteiger partial charge in [-0.1, -0.05) is 19.3 Å². The molecule has 0 atom stereocenters. The Hall–Kier alpha value is -1.40. The second-order valence-corrected chi connectivity index (χ2v) is 7.51. The van der Waals surface area contributed by atoms with Crippen molar-refractivity contribution in [2.45, 2.75) is 56.6 Å². The van der Waals surface area contributed by atoms with E-state index in [1.807, 2.05) is 6.07 Å². The number of hydrogen-bond donors (Lipinski definition) is 2. The van der Waals surface area contributed by atoms with E-state index in [1.165, 1.54) is 32.1 Å². The summed E-state index contributed by atoms with van der Waals surface area (Å²) in [5.41, 5.74) is 0.235. The molecule has 2 aliphatic rings. The number of likely N-dealkylation sites (N-methyl/N-ethyl adjacent to an activating group) is 1. The van der Waals surface area contributed by atoms with Gasteiger partial charge in [0.15, 0.2) is 0 Å². The lowest BCUT2D eigenvalue weighted by Gasteiger charge is -2.43. The molecule has 3 rings (SSSR count). The fourth-order valence-corrected chi connectivity index (χ4v) is 3.96. The third kappa shape index (κ3) is 3.98. The van der Waals surface area contributed by atoms with E-state index in [4.69, 9.17) is 0 Å². The number of aliphatic hydroxyl groups is 1. The molecule has 0 unspecified atom stereocenters. The first-order valence-electron chi connectivity index (χ1n) is 9.25. The topological polar surface area (TPSA) is 64.5 Å². The molecule has 1 aromatic rings. The summed E-state index contributed by atoms with van der Waals surface area (Å²) in [7, 11) is 4.38. The van der Waals surface area contributed by atoms with Gasteiger partial charge in [0.2, 0.25) is 0 Å². The molecular formula is C18H31N5O. The number of piperidine rings is 1. The van der Waals surface area contributed by atoms with Crippen molar-refractivity contribution in [2.24, 2.45) is 0 Å². The average molecular weight is 333 g/mol. The number of anilines is 2. The molecule has 134 valence electrons. The SMILES string of the molecule is CN(C)C1(CNc2cc(N3CCC(O)CC3)ncn2)CCCCC1. The highest BCUT2D eigenvalue weighted by molar-refractivity contribution is 5.49. The van der Waals surface area contributed by atoms with Gasteiger partial charge < -0.3 is 20.2 Å². The van der Waals surface area contributed by atoms with Gasteiger partial charge >= 0.3 is 0 Å². The predicted octanol–water partition coefficient (Wildman–Crippen LogP) is 2.11. The molecule has 0 spiro atoms. The zero-order valence-electron chi connectivity index (χ0n) is 15.0. The quantitative estimate of drug-likeness (QED) is 0.860. The van der Waals surface area contributed by atoms with E-state index in [-0.39, 0.29) is 11.6 Å². The van der Waals surface area contributed by atoms with Crippen molar-refractivity contribution >= 4 is 11.6 Å². The van der Waals surface area contributed by atoms with Crippen LogP contribution in [0.25, 0.3) is 0 Å². The van der Waals surface area contributed by atoms with Crippen molar-refractivity contribution in [1.29, 1.82) is 0 Å². The molecule has 2 heterocycles. The standard InChI is InChI=1S/C18H31N5O/c1-22(2)18(8-4-3-5-9-18)13-19-16-12-17(21-14-20-16)23-10-6-15(24)7-11-23/h12,14-15,24H,3-11,13H2,1-2H3,(H,19,20,21). The van der Waals surface area contributed by atoms with Gasteiger partial charge in [0.05, 0.1) is 6.10 Å². The van der Waals surface area contributed by atoms with Gasteiger partial charge in [-0.3, -0.25) is 0 Å². The van der Waals surface area contributed by atoms with Gasteiger partial charge in [0.1, 0.15) is 18.0 Å². The first-order chi connectivity index (χ1) is 11.6. The Labute approximate surface area is 145 Å². The Kier molecular flexibility index (Phi) is 5.56. The Bertz CT molecular complexity index is 522. The second-order valence-electron chi connectivity index (χ2n) is 7.51. The third-order valence-corrected chi connectivity index (χ3v) is 5.77. The van der Waals surface area contributed by atoms with Crippen molar-refractivity contribution in [3.8, 4) is 0 Å². The van der Waals surface area contributed by atoms with Gasteiger partial charge in [-0.2, -0.15) is 0 Å². The van der Waals surface area contributed by atoms with Crippen LogP contribution in [0.2, 0.25) is 0 Å². The minimum atomic E-state index is -0.160. The first kappa shape index (κ1) is 17.4. The molecule has 6 nitrogen and oxygen atoms in total. The molecule has 2 N–H and O–H groups in total. The maximum Gasteiger partial charge on any atom is 0.134 e. The van der Waals surface area contributed by atoms with E-state index < -0.39 is 0 Å². The fraction of sp³-hybridized carbons (Fsp3) is 0.778. The number of hydrogen-bond acceptors (Lipinski definition) is 6. The number of aromatic nitrogens is 2. The first-order valence-corrected chi connectivity index (χ1v) is 9.25. The van der Waals surface area contributed by atoms with E-state index >= 15 is 0 Å². The molecule has 1 saturated carbocycles. The molecule has 24 heavy (non-hydrogen) atoms. The molecule has 1 saturated heterocycles. The molecule has 0 radical (unpaired) electrons. The average Bonchev–Trinajstić information content (AvgIpc) is 2.61. The third-order valence-electron chi connectivity index (χ3n) is 5.77. The molecular weight excluding hydrogens is 302 g/mol. The number of nitrogens with zero attached hydrogens (tertiary/aromatic N) is 4. The van der Waals surface area contributed by atoms with Gasteiger partial charge in [0, 0.05) is 31.2 Å². The number of rotatable bonds is 5. The van der Waals surface area contributed by atoms with E-state index in [1.54, 1.807) is 6.33 Å². The smallest absolute Gasteiger partial charge is 0.134 e. The van der Waals surface area contributed by atoms with Crippen LogP contribution in [0.5, 0.6) is 0 Å². The monoisotopic (exact) mass is 333 g/mol. The van der Waals surface area contributed by atoms with Crippen LogP contribution in [0.3, 0.4) is 0 Å². The van der Waals surface area contributed by atoms with Crippen molar-refractivity contribution in [3.63, 3.8) is 0 Å². The highest BCUT2D eigenvalue weighted by Gasteiger charge is 2.34. The second kappa shape index (κ2) is 7.66. The summed E-state index contributed by atoms with van der Waals surface area (Å²) < 4.78 is 0. The van der Waals surface area contributed by atoms with Gasteiger partial charge in [0.25, 0.3) is 0 Å². The largest absolute Gasteiger partial charge is 0.393 e. The molecule has 6 heteroatoms. The minimum absolute atomic E-state index is 0.160. The molecule has 1 aliphatic heterocycles. The molecule has 0 bridgehead atoms. The number of aliphatic hydroxyl groups excluding tert-OH is 1. The van der Waals surface area contributed by atoms with Crippen LogP contribution in [0.4, 0.5) is 11.6 Å². The van der Waals surface area contributed by atoms with Crippen LogP contribution in [0.15, 0.2) is 12.4 Å². The summed E-state index contributed by atoms with van der Waals surface area (Å²) in [5.74, 6) is 1.86. The Morgan fingerprint density at radius 1 is 1.21 bits per heavy atom. The van der Waals surface area contributed by atoms with Gasteiger partial charge in [-0.25, -0.2) is 9.97 Å². The highest BCUT2D eigenvalue weighted by atomic mass is 16.3. The van der Waals surface area contributed by atoms with E-state index in [9.17, 15) is 5.11 Å². The molecule has 2 fully saturated rings. The molecule has 1 aromatic heterocycles. The van der Waals surface area contributed by atoms with Gasteiger partial charge in [-0.15, -0.1) is 0 Å². The van der Waals surface area contributed by atoms with E-state index in [0.717, 1.165) is 44.1 Å². The highest BCUT2D eigenvalue weighted by Crippen LogP contribution is 2.32. The lowest BCUT2D eigenvalue weighted by Crippen LogP contribution is -2.51. The van der Waals surface area contributed by atoms with E-state index in [2.05, 4.69) is 39.2 Å². The van der Waals surface area contributed by atoms with E-state index in [0.29, 0.717) is 0 Å². The molecule has 1 aliphatic carbocycles. The van der Waals surface area contributed by atoms with Crippen LogP contribution in [-0.4, -0.2) is 65.3 Å². The van der Waals surface area contributed by atoms with Crippen molar-refractivity contribution < 1.29 is 5.11 Å². The maximum atomic E-state index is 9.66. The van der Waals surface area contributed by atoms with Crippen LogP contribution in [0, 0.1) is 0 Å². The normalized spacial score (nSPS) is 21.9. The number of nitrogens with one attached hydrogen (secondary N) is 1. The lowest BCUT2D eigenvalue weighted by atomic mass is 9.80. The zero-order valence-corrected chi connectivity index (χ0v) is 15.0. The summed E-state index contributed by atoms with van der Waals surface area (Å²) in [5, 5.41) is 13.2. The summed E-state index contributed by atoms with van der Waals surface area (Å²) in [6.07, 6.45) is 9.58. The summed E-state index contributed by atoms with van der Waals surface area (Å²) in [4.78, 5) is 13.4. The fourth-order valence-electron chi connectivity index (χ4n) is 3.96. The summed E-state index contributed by atoms with van der Waals surface area (Å²) in [6, 6.07) is 2.05. The van der Waals surface area contributed by atoms with Crippen molar-refractivity contribution in [2.75, 3.05) is 43.9 Å². The van der Waals surface area contributed by atoms with Crippen LogP contribution >= 0.6 is 0 Å². The van der Waals surface area contributed by atoms with Crippen LogP contribution < -0.4 is 10.2 Å². The Morgan fingerprint density at radius 2 is 1.92 bits per heavy atom. The maximum absolute atomic E-state index is 9.66. The van der Waals surface area contributed by atoms with Crippen molar-refractivity contribution in [1.82, 2.24) is 14.9 Å². The molecule has 0 amide bonds. The Morgan fingerprint density at radius 3 is 2.58 bits per heavy atom. The predicted molar refractivity (Wildman–Crippen MR) is 97.5 cm³/mol. The summed E-state index contributed by atoms with van der Waals surface area (Å²) >= 11 is 0. The lowest BCUT2D eigenvalue weighted by molar-refractivity contribution is 0.113. The van der Waals surface area contributed by atoms with Crippen LogP contribution in [-0.2, 0) is 0 Å². The summed E-state index contributed by atoms with van der Waals surface area (Å²) in [6.45, 7) is 2.65. The Balaban J connectivity index is 1.64. The molecule has 0 aromatic carbocycles. The van der Waals surface area contributed by atoms with Crippen molar-refractivity contribution in [3.05, 3.63) is 12.4 Å². The minimum Gasteiger partial charge on any atom is -0.393 e. The van der Waals surface area contributed by atoms with Gasteiger partial charge in [-0.05, 0) is 39.8 Å². The zero-order chi connectivity index (χ0) is 17.0. The van der Waals surface area contributed by atoms with Crippen LogP contribution in [0.1, 0.15) is 44.9 Å².